The number of fused-ring (bicyclic) bond motifs is 1. The Hall–Kier alpha value is -1.06. The number of rotatable bonds is 4. The third kappa shape index (κ3) is 2.26. The number of hydrogen-bond acceptors (Lipinski definition) is 2. The highest BCUT2D eigenvalue weighted by atomic mass is 35.5. The van der Waals surface area contributed by atoms with Crippen molar-refractivity contribution in [3.8, 4) is 0 Å². The molecule has 102 valence electrons. The molecule has 0 N–H and O–H groups in total. The van der Waals surface area contributed by atoms with Gasteiger partial charge in [0.1, 0.15) is 5.82 Å². The highest BCUT2D eigenvalue weighted by Gasteiger charge is 2.33. The Kier molecular flexibility index (Phi) is 3.50. The number of aromatic nitrogens is 2. The van der Waals surface area contributed by atoms with E-state index in [9.17, 15) is 0 Å². The zero-order valence-electron chi connectivity index (χ0n) is 11.4. The van der Waals surface area contributed by atoms with Gasteiger partial charge >= 0.3 is 0 Å². The average molecular weight is 279 g/mol. The van der Waals surface area contributed by atoms with Crippen LogP contribution in [-0.4, -0.2) is 22.3 Å². The molecule has 0 saturated heterocycles. The van der Waals surface area contributed by atoms with Crippen LogP contribution in [0.3, 0.4) is 0 Å². The lowest BCUT2D eigenvalue weighted by atomic mass is 9.88. The van der Waals surface area contributed by atoms with E-state index >= 15 is 0 Å². The molecule has 0 atom stereocenters. The third-order valence-electron chi connectivity index (χ3n) is 3.88. The second-order valence-corrected chi connectivity index (χ2v) is 5.49. The molecule has 0 spiro atoms. The Morgan fingerprint density at radius 2 is 2.21 bits per heavy atom. The molecule has 2 aromatic rings. The largest absolute Gasteiger partial charge is 0.378 e. The topological polar surface area (TPSA) is 27.1 Å². The summed E-state index contributed by atoms with van der Waals surface area (Å²) in [6, 6.07) is 6.90. The average Bonchev–Trinajstić information content (AvgIpc) is 2.70. The van der Waals surface area contributed by atoms with Gasteiger partial charge in [-0.3, -0.25) is 0 Å². The zero-order valence-corrected chi connectivity index (χ0v) is 12.2. The number of aryl methyl sites for hydroxylation is 1. The Morgan fingerprint density at radius 3 is 2.89 bits per heavy atom. The molecule has 1 aliphatic carbocycles. The van der Waals surface area contributed by atoms with Crippen molar-refractivity contribution in [1.29, 1.82) is 0 Å². The van der Waals surface area contributed by atoms with Crippen LogP contribution in [0.5, 0.6) is 0 Å². The highest BCUT2D eigenvalue weighted by Crippen LogP contribution is 2.38. The van der Waals surface area contributed by atoms with Gasteiger partial charge < -0.3 is 9.30 Å². The summed E-state index contributed by atoms with van der Waals surface area (Å²) in [4.78, 5) is 4.66. The molecule has 1 aromatic carbocycles. The molecule has 1 fully saturated rings. The minimum Gasteiger partial charge on any atom is -0.378 e. The van der Waals surface area contributed by atoms with Crippen LogP contribution in [0.2, 0.25) is 0 Å². The van der Waals surface area contributed by atoms with Crippen molar-refractivity contribution in [2.75, 3.05) is 6.61 Å². The third-order valence-corrected chi connectivity index (χ3v) is 4.11. The van der Waals surface area contributed by atoms with Crippen LogP contribution in [0, 0.1) is 6.92 Å². The van der Waals surface area contributed by atoms with Gasteiger partial charge in [-0.05, 0) is 44.4 Å². The lowest BCUT2D eigenvalue weighted by Crippen LogP contribution is -2.34. The van der Waals surface area contributed by atoms with E-state index in [2.05, 4.69) is 34.7 Å². The van der Waals surface area contributed by atoms with Gasteiger partial charge in [0.15, 0.2) is 0 Å². The first kappa shape index (κ1) is 12.9. The van der Waals surface area contributed by atoms with Crippen molar-refractivity contribution in [3.63, 3.8) is 0 Å². The number of halogens is 1. The second-order valence-electron chi connectivity index (χ2n) is 5.23. The van der Waals surface area contributed by atoms with Crippen LogP contribution in [0.4, 0.5) is 0 Å². The molecule has 3 rings (SSSR count). The summed E-state index contributed by atoms with van der Waals surface area (Å²) in [5.41, 5.74) is 3.48. The number of nitrogens with zero attached hydrogens (tertiary/aromatic N) is 2. The van der Waals surface area contributed by atoms with Gasteiger partial charge in [0.2, 0.25) is 0 Å². The van der Waals surface area contributed by atoms with E-state index in [1.807, 2.05) is 6.92 Å². The first-order valence-electron chi connectivity index (χ1n) is 6.88. The predicted octanol–water partition coefficient (Wildman–Crippen LogP) is 3.82. The molecular weight excluding hydrogens is 260 g/mol. The maximum Gasteiger partial charge on any atom is 0.125 e. The number of ether oxygens (including phenoxy) is 1. The Morgan fingerprint density at radius 1 is 1.42 bits per heavy atom. The molecule has 1 saturated carbocycles. The standard InChI is InChI=1S/C15H19ClN2O/c1-3-19-12-7-11(8-12)18-14-5-4-10(2)6-13(14)17-15(18)9-16/h4-6,11-12H,3,7-9H2,1-2H3. The fraction of sp³-hybridized carbons (Fsp3) is 0.533. The summed E-state index contributed by atoms with van der Waals surface area (Å²) < 4.78 is 7.95. The second kappa shape index (κ2) is 5.14. The molecule has 0 radical (unpaired) electrons. The molecule has 0 aliphatic heterocycles. The first-order chi connectivity index (χ1) is 9.22. The minimum absolute atomic E-state index is 0.404. The van der Waals surface area contributed by atoms with Gasteiger partial charge in [-0.25, -0.2) is 4.98 Å². The van der Waals surface area contributed by atoms with Crippen molar-refractivity contribution >= 4 is 22.6 Å². The van der Waals surface area contributed by atoms with Crippen molar-refractivity contribution < 1.29 is 4.74 Å². The van der Waals surface area contributed by atoms with Crippen LogP contribution >= 0.6 is 11.6 Å². The molecule has 0 bridgehead atoms. The molecular formula is C15H19ClN2O. The van der Waals surface area contributed by atoms with E-state index in [1.165, 1.54) is 11.1 Å². The van der Waals surface area contributed by atoms with Crippen molar-refractivity contribution in [1.82, 2.24) is 9.55 Å². The molecule has 19 heavy (non-hydrogen) atoms. The summed E-state index contributed by atoms with van der Waals surface area (Å²) in [5, 5.41) is 0. The Bertz CT molecular complexity index is 587. The summed E-state index contributed by atoms with van der Waals surface area (Å²) >= 11 is 6.05. The highest BCUT2D eigenvalue weighted by molar-refractivity contribution is 6.16. The molecule has 1 aliphatic rings. The lowest BCUT2D eigenvalue weighted by molar-refractivity contribution is -0.0192. The van der Waals surface area contributed by atoms with Crippen LogP contribution < -0.4 is 0 Å². The van der Waals surface area contributed by atoms with Gasteiger partial charge in [-0.2, -0.15) is 0 Å². The van der Waals surface area contributed by atoms with Crippen molar-refractivity contribution in [3.05, 3.63) is 29.6 Å². The molecule has 1 heterocycles. The summed E-state index contributed by atoms with van der Waals surface area (Å²) in [7, 11) is 0. The molecule has 0 amide bonds. The smallest absolute Gasteiger partial charge is 0.125 e. The normalized spacial score (nSPS) is 22.7. The fourth-order valence-electron chi connectivity index (χ4n) is 2.88. The van der Waals surface area contributed by atoms with Crippen LogP contribution in [-0.2, 0) is 10.6 Å². The SMILES string of the molecule is CCOC1CC(n2c(CCl)nc3cc(C)ccc32)C1. The number of benzene rings is 1. The Labute approximate surface area is 118 Å². The minimum atomic E-state index is 0.404. The van der Waals surface area contributed by atoms with E-state index in [4.69, 9.17) is 16.3 Å². The maximum absolute atomic E-state index is 6.05. The molecule has 1 aromatic heterocycles. The van der Waals surface area contributed by atoms with Gasteiger partial charge in [-0.15, -0.1) is 11.6 Å². The first-order valence-corrected chi connectivity index (χ1v) is 7.41. The number of hydrogen-bond donors (Lipinski definition) is 0. The molecule has 4 heteroatoms. The summed E-state index contributed by atoms with van der Waals surface area (Å²) in [6.07, 6.45) is 2.54. The van der Waals surface area contributed by atoms with Gasteiger partial charge in [0, 0.05) is 12.6 Å². The van der Waals surface area contributed by atoms with E-state index < -0.39 is 0 Å². The van der Waals surface area contributed by atoms with Crippen molar-refractivity contribution in [2.24, 2.45) is 0 Å². The van der Waals surface area contributed by atoms with Gasteiger partial charge in [-0.1, -0.05) is 6.07 Å². The number of imidazole rings is 1. The quantitative estimate of drug-likeness (QED) is 0.795. The lowest BCUT2D eigenvalue weighted by Gasteiger charge is -2.36. The van der Waals surface area contributed by atoms with Crippen LogP contribution in [0.25, 0.3) is 11.0 Å². The van der Waals surface area contributed by atoms with E-state index in [1.54, 1.807) is 0 Å². The Balaban J connectivity index is 1.94. The van der Waals surface area contributed by atoms with E-state index in [0.717, 1.165) is 30.8 Å². The van der Waals surface area contributed by atoms with E-state index in [-0.39, 0.29) is 0 Å². The van der Waals surface area contributed by atoms with E-state index in [0.29, 0.717) is 18.0 Å². The monoisotopic (exact) mass is 278 g/mol. The summed E-state index contributed by atoms with van der Waals surface area (Å²) in [5.74, 6) is 1.44. The van der Waals surface area contributed by atoms with Gasteiger partial charge in [0.25, 0.3) is 0 Å². The molecule has 3 nitrogen and oxygen atoms in total. The molecule has 0 unspecified atom stereocenters. The van der Waals surface area contributed by atoms with Crippen LogP contribution in [0.15, 0.2) is 18.2 Å². The van der Waals surface area contributed by atoms with Crippen LogP contribution in [0.1, 0.15) is 37.2 Å². The zero-order chi connectivity index (χ0) is 13.4. The number of alkyl halides is 1. The fourth-order valence-corrected chi connectivity index (χ4v) is 3.07. The van der Waals surface area contributed by atoms with Gasteiger partial charge in [0.05, 0.1) is 23.0 Å². The maximum atomic E-state index is 6.05. The summed E-state index contributed by atoms with van der Waals surface area (Å²) in [6.45, 7) is 4.93. The van der Waals surface area contributed by atoms with Crippen molar-refractivity contribution in [2.45, 2.75) is 44.7 Å². The predicted molar refractivity (Wildman–Crippen MR) is 77.7 cm³/mol.